The maximum Gasteiger partial charge on any atom is 0.345 e. The van der Waals surface area contributed by atoms with Crippen LogP contribution in [0.4, 0.5) is 0 Å². The molecular weight excluding hydrogens is 244 g/mol. The third-order valence-corrected chi connectivity index (χ3v) is 3.11. The van der Waals surface area contributed by atoms with Crippen LogP contribution in [0.5, 0.6) is 5.75 Å². The standard InChI is InChI=1S/C13H18N4O2/c1-14-12(8-17-13(18)16(2)9-15-17)10-4-6-11(19-3)7-5-10/h4-7,9,12,14H,8H2,1-3H3. The quantitative estimate of drug-likeness (QED) is 0.855. The van der Waals surface area contributed by atoms with Crippen LogP contribution in [0.15, 0.2) is 35.4 Å². The zero-order chi connectivity index (χ0) is 13.8. The molecule has 0 fully saturated rings. The molecule has 6 heteroatoms. The van der Waals surface area contributed by atoms with Gasteiger partial charge in [0, 0.05) is 7.05 Å². The van der Waals surface area contributed by atoms with Crippen molar-refractivity contribution in [3.63, 3.8) is 0 Å². The van der Waals surface area contributed by atoms with Gasteiger partial charge in [-0.3, -0.25) is 4.57 Å². The van der Waals surface area contributed by atoms with E-state index in [2.05, 4.69) is 10.4 Å². The summed E-state index contributed by atoms with van der Waals surface area (Å²) in [7, 11) is 5.19. The molecule has 0 aliphatic rings. The molecule has 6 nitrogen and oxygen atoms in total. The number of nitrogens with one attached hydrogen (secondary N) is 1. The first-order chi connectivity index (χ1) is 9.15. The van der Waals surface area contributed by atoms with E-state index >= 15 is 0 Å². The number of aromatic nitrogens is 3. The molecule has 2 aromatic rings. The van der Waals surface area contributed by atoms with Crippen LogP contribution in [0.2, 0.25) is 0 Å². The van der Waals surface area contributed by atoms with Gasteiger partial charge in [0.05, 0.1) is 19.7 Å². The van der Waals surface area contributed by atoms with Crippen LogP contribution in [-0.2, 0) is 13.6 Å². The highest BCUT2D eigenvalue weighted by Crippen LogP contribution is 2.18. The minimum Gasteiger partial charge on any atom is -0.497 e. The van der Waals surface area contributed by atoms with Crippen LogP contribution in [0.3, 0.4) is 0 Å². The molecule has 1 aromatic heterocycles. The van der Waals surface area contributed by atoms with Crippen molar-refractivity contribution in [2.75, 3.05) is 14.2 Å². The predicted octanol–water partition coefficient (Wildman–Crippen LogP) is 0.551. The van der Waals surface area contributed by atoms with Crippen molar-refractivity contribution < 1.29 is 4.74 Å². The van der Waals surface area contributed by atoms with Crippen LogP contribution >= 0.6 is 0 Å². The Morgan fingerprint density at radius 2 is 2.05 bits per heavy atom. The summed E-state index contributed by atoms with van der Waals surface area (Å²) < 4.78 is 8.04. The van der Waals surface area contributed by atoms with E-state index in [9.17, 15) is 4.79 Å². The van der Waals surface area contributed by atoms with E-state index in [4.69, 9.17) is 4.74 Å². The van der Waals surface area contributed by atoms with Gasteiger partial charge in [-0.15, -0.1) is 0 Å². The van der Waals surface area contributed by atoms with Crippen molar-refractivity contribution >= 4 is 0 Å². The van der Waals surface area contributed by atoms with Crippen LogP contribution in [0, 0.1) is 0 Å². The fraction of sp³-hybridized carbons (Fsp3) is 0.385. The Morgan fingerprint density at radius 1 is 1.37 bits per heavy atom. The van der Waals surface area contributed by atoms with E-state index in [1.807, 2.05) is 31.3 Å². The zero-order valence-electron chi connectivity index (χ0n) is 11.3. The Kier molecular flexibility index (Phi) is 4.01. The second-order valence-corrected chi connectivity index (χ2v) is 4.32. The van der Waals surface area contributed by atoms with E-state index in [0.717, 1.165) is 11.3 Å². The summed E-state index contributed by atoms with van der Waals surface area (Å²) in [5.74, 6) is 0.814. The van der Waals surface area contributed by atoms with Crippen molar-refractivity contribution in [3.8, 4) is 5.75 Å². The van der Waals surface area contributed by atoms with Gasteiger partial charge in [-0.1, -0.05) is 12.1 Å². The average Bonchev–Trinajstić information content (AvgIpc) is 2.76. The molecule has 0 aliphatic heterocycles. The van der Waals surface area contributed by atoms with Gasteiger partial charge in [0.1, 0.15) is 12.1 Å². The Hall–Kier alpha value is -2.08. The second-order valence-electron chi connectivity index (χ2n) is 4.32. The van der Waals surface area contributed by atoms with Gasteiger partial charge in [-0.05, 0) is 24.7 Å². The largest absolute Gasteiger partial charge is 0.497 e. The fourth-order valence-corrected chi connectivity index (χ4v) is 1.92. The maximum atomic E-state index is 11.8. The maximum absolute atomic E-state index is 11.8. The van der Waals surface area contributed by atoms with Crippen molar-refractivity contribution in [1.82, 2.24) is 19.7 Å². The van der Waals surface area contributed by atoms with Crippen molar-refractivity contribution in [2.24, 2.45) is 7.05 Å². The fourth-order valence-electron chi connectivity index (χ4n) is 1.92. The minimum atomic E-state index is -0.117. The summed E-state index contributed by atoms with van der Waals surface area (Å²) in [6.45, 7) is 0.489. The number of nitrogens with zero attached hydrogens (tertiary/aromatic N) is 3. The molecule has 1 unspecified atom stereocenters. The van der Waals surface area contributed by atoms with Crippen molar-refractivity contribution in [1.29, 1.82) is 0 Å². The van der Waals surface area contributed by atoms with Gasteiger partial charge in [0.25, 0.3) is 0 Å². The molecule has 102 valence electrons. The molecule has 0 saturated carbocycles. The first-order valence-corrected chi connectivity index (χ1v) is 6.05. The molecule has 0 bridgehead atoms. The van der Waals surface area contributed by atoms with E-state index in [1.165, 1.54) is 15.6 Å². The van der Waals surface area contributed by atoms with E-state index in [0.29, 0.717) is 6.54 Å². The molecule has 0 aliphatic carbocycles. The van der Waals surface area contributed by atoms with Gasteiger partial charge >= 0.3 is 5.69 Å². The minimum absolute atomic E-state index is 0.0264. The lowest BCUT2D eigenvalue weighted by Crippen LogP contribution is -2.30. The Labute approximate surface area is 111 Å². The van der Waals surface area contributed by atoms with E-state index < -0.39 is 0 Å². The zero-order valence-corrected chi connectivity index (χ0v) is 11.3. The summed E-state index contributed by atoms with van der Waals surface area (Å²) in [6, 6.07) is 7.79. The van der Waals surface area contributed by atoms with Crippen LogP contribution < -0.4 is 15.7 Å². The molecule has 1 atom stereocenters. The molecule has 1 N–H and O–H groups in total. The molecule has 0 spiro atoms. The third-order valence-electron chi connectivity index (χ3n) is 3.11. The highest BCUT2D eigenvalue weighted by molar-refractivity contribution is 5.29. The van der Waals surface area contributed by atoms with Gasteiger partial charge in [-0.2, -0.15) is 5.10 Å². The summed E-state index contributed by atoms with van der Waals surface area (Å²) in [4.78, 5) is 11.8. The highest BCUT2D eigenvalue weighted by Gasteiger charge is 2.12. The molecule has 0 radical (unpaired) electrons. The molecule has 0 saturated heterocycles. The number of ether oxygens (including phenoxy) is 1. The van der Waals surface area contributed by atoms with Gasteiger partial charge < -0.3 is 10.1 Å². The SMILES string of the molecule is CNC(Cn1ncn(C)c1=O)c1ccc(OC)cc1. The number of aryl methyl sites for hydroxylation is 1. The molecule has 2 rings (SSSR count). The number of benzene rings is 1. The molecule has 1 aromatic carbocycles. The number of hydrogen-bond acceptors (Lipinski definition) is 4. The summed E-state index contributed by atoms with van der Waals surface area (Å²) in [5.41, 5.74) is 0.967. The number of likely N-dealkylation sites (N-methyl/N-ethyl adjacent to an activating group) is 1. The third kappa shape index (κ3) is 2.85. The van der Waals surface area contributed by atoms with Crippen LogP contribution in [-0.4, -0.2) is 28.5 Å². The number of rotatable bonds is 5. The summed E-state index contributed by atoms with van der Waals surface area (Å²) >= 11 is 0. The van der Waals surface area contributed by atoms with Gasteiger partial charge in [0.2, 0.25) is 0 Å². The molecular formula is C13H18N4O2. The number of methoxy groups -OCH3 is 1. The lowest BCUT2D eigenvalue weighted by molar-refractivity contribution is 0.413. The average molecular weight is 262 g/mol. The monoisotopic (exact) mass is 262 g/mol. The van der Waals surface area contributed by atoms with E-state index in [-0.39, 0.29) is 11.7 Å². The van der Waals surface area contributed by atoms with Gasteiger partial charge in [0.15, 0.2) is 0 Å². The predicted molar refractivity (Wildman–Crippen MR) is 72.3 cm³/mol. The Bertz CT molecular complexity index is 585. The molecule has 0 amide bonds. The first-order valence-electron chi connectivity index (χ1n) is 6.05. The van der Waals surface area contributed by atoms with Crippen molar-refractivity contribution in [2.45, 2.75) is 12.6 Å². The summed E-state index contributed by atoms with van der Waals surface area (Å²) in [6.07, 6.45) is 1.52. The Morgan fingerprint density at radius 3 is 2.53 bits per heavy atom. The molecule has 19 heavy (non-hydrogen) atoms. The Balaban J connectivity index is 2.19. The smallest absolute Gasteiger partial charge is 0.345 e. The topological polar surface area (TPSA) is 61.1 Å². The van der Waals surface area contributed by atoms with Crippen LogP contribution in [0.25, 0.3) is 0 Å². The van der Waals surface area contributed by atoms with Crippen LogP contribution in [0.1, 0.15) is 11.6 Å². The lowest BCUT2D eigenvalue weighted by Gasteiger charge is -2.16. The second kappa shape index (κ2) is 5.71. The summed E-state index contributed by atoms with van der Waals surface area (Å²) in [5, 5.41) is 7.26. The van der Waals surface area contributed by atoms with Gasteiger partial charge in [-0.25, -0.2) is 9.48 Å². The van der Waals surface area contributed by atoms with E-state index in [1.54, 1.807) is 14.2 Å². The van der Waals surface area contributed by atoms with Crippen molar-refractivity contribution in [3.05, 3.63) is 46.6 Å². The lowest BCUT2D eigenvalue weighted by atomic mass is 10.1. The normalized spacial score (nSPS) is 12.4. The first kappa shape index (κ1) is 13.4. The molecule has 1 heterocycles. The highest BCUT2D eigenvalue weighted by atomic mass is 16.5. The number of hydrogen-bond donors (Lipinski definition) is 1.